The van der Waals surface area contributed by atoms with E-state index in [1.165, 1.54) is 12.8 Å². The molecule has 2 amide bonds. The predicted octanol–water partition coefficient (Wildman–Crippen LogP) is 4.18. The lowest BCUT2D eigenvalue weighted by Gasteiger charge is -2.14. The molecule has 3 rings (SSSR count). The topological polar surface area (TPSA) is 76.7 Å². The van der Waals surface area contributed by atoms with Crippen LogP contribution in [0.5, 0.6) is 11.5 Å². The van der Waals surface area contributed by atoms with Gasteiger partial charge in [-0.05, 0) is 61.9 Å². The van der Waals surface area contributed by atoms with Crippen molar-refractivity contribution in [3.05, 3.63) is 53.1 Å². The van der Waals surface area contributed by atoms with Gasteiger partial charge >= 0.3 is 0 Å². The number of methoxy groups -OCH3 is 1. The van der Waals surface area contributed by atoms with Gasteiger partial charge in [0.05, 0.1) is 19.3 Å². The first-order chi connectivity index (χ1) is 14.0. The zero-order valence-corrected chi connectivity index (χ0v) is 17.2. The third-order valence-corrected chi connectivity index (χ3v) is 4.89. The summed E-state index contributed by atoms with van der Waals surface area (Å²) in [5.74, 6) is 1.29. The van der Waals surface area contributed by atoms with E-state index in [0.717, 1.165) is 12.0 Å². The Bertz CT molecular complexity index is 890. The standard InChI is InChI=1S/C23H28N2O4/c1-4-11-29-21-13-18(28-3)9-10-19(21)23(27)25-20-12-17(8-5-15(20)2)22(26)24-14-16-6-7-16/h5,8-10,12-13,16H,4,6-7,11,14H2,1-3H3,(H,24,26)(H,25,27). The molecule has 2 aromatic carbocycles. The van der Waals surface area contributed by atoms with Gasteiger partial charge in [-0.15, -0.1) is 0 Å². The maximum absolute atomic E-state index is 12.9. The fraction of sp³-hybridized carbons (Fsp3) is 0.391. The first-order valence-electron chi connectivity index (χ1n) is 10.0. The summed E-state index contributed by atoms with van der Waals surface area (Å²) in [5, 5.41) is 5.87. The van der Waals surface area contributed by atoms with Crippen LogP contribution in [0.1, 0.15) is 52.5 Å². The molecule has 1 aliphatic rings. The molecular formula is C23H28N2O4. The quantitative estimate of drug-likeness (QED) is 0.666. The highest BCUT2D eigenvalue weighted by atomic mass is 16.5. The highest BCUT2D eigenvalue weighted by molar-refractivity contribution is 6.07. The van der Waals surface area contributed by atoms with Crippen LogP contribution in [-0.4, -0.2) is 32.1 Å². The maximum atomic E-state index is 12.9. The minimum Gasteiger partial charge on any atom is -0.497 e. The average Bonchev–Trinajstić information content (AvgIpc) is 3.56. The van der Waals surface area contributed by atoms with Crippen LogP contribution < -0.4 is 20.1 Å². The van der Waals surface area contributed by atoms with Crippen molar-refractivity contribution < 1.29 is 19.1 Å². The number of amides is 2. The van der Waals surface area contributed by atoms with Crippen molar-refractivity contribution in [2.24, 2.45) is 5.92 Å². The second-order valence-electron chi connectivity index (χ2n) is 7.35. The molecule has 6 heteroatoms. The molecular weight excluding hydrogens is 368 g/mol. The highest BCUT2D eigenvalue weighted by Gasteiger charge is 2.22. The van der Waals surface area contributed by atoms with Gasteiger partial charge in [0.25, 0.3) is 11.8 Å². The SMILES string of the molecule is CCCOc1cc(OC)ccc1C(=O)Nc1cc(C(=O)NCC2CC2)ccc1C. The zero-order valence-electron chi connectivity index (χ0n) is 17.2. The molecule has 0 saturated heterocycles. The Kier molecular flexibility index (Phi) is 6.75. The van der Waals surface area contributed by atoms with Crippen LogP contribution >= 0.6 is 0 Å². The van der Waals surface area contributed by atoms with Crippen LogP contribution in [-0.2, 0) is 0 Å². The Balaban J connectivity index is 1.77. The number of carbonyl (C=O) groups excluding carboxylic acids is 2. The maximum Gasteiger partial charge on any atom is 0.259 e. The Morgan fingerprint density at radius 2 is 1.90 bits per heavy atom. The Morgan fingerprint density at radius 3 is 2.59 bits per heavy atom. The predicted molar refractivity (Wildman–Crippen MR) is 113 cm³/mol. The fourth-order valence-corrected chi connectivity index (χ4v) is 2.90. The van der Waals surface area contributed by atoms with Crippen LogP contribution in [0.3, 0.4) is 0 Å². The summed E-state index contributed by atoms with van der Waals surface area (Å²) in [7, 11) is 1.57. The number of aryl methyl sites for hydroxylation is 1. The van der Waals surface area contributed by atoms with E-state index in [2.05, 4.69) is 10.6 Å². The van der Waals surface area contributed by atoms with Crippen molar-refractivity contribution in [2.75, 3.05) is 25.6 Å². The summed E-state index contributed by atoms with van der Waals surface area (Å²) in [6.45, 7) is 5.11. The number of carbonyl (C=O) groups is 2. The Hall–Kier alpha value is -3.02. The van der Waals surface area contributed by atoms with E-state index in [0.29, 0.717) is 47.4 Å². The van der Waals surface area contributed by atoms with Crippen molar-refractivity contribution >= 4 is 17.5 Å². The molecule has 0 aliphatic heterocycles. The van der Waals surface area contributed by atoms with Gasteiger partial charge in [0, 0.05) is 23.9 Å². The largest absolute Gasteiger partial charge is 0.497 e. The second kappa shape index (κ2) is 9.45. The molecule has 0 unspecified atom stereocenters. The van der Waals surface area contributed by atoms with Crippen molar-refractivity contribution in [1.29, 1.82) is 0 Å². The summed E-state index contributed by atoms with van der Waals surface area (Å²) in [5.41, 5.74) is 2.43. The lowest BCUT2D eigenvalue weighted by Crippen LogP contribution is -2.25. The van der Waals surface area contributed by atoms with Gasteiger partial charge in [-0.2, -0.15) is 0 Å². The van der Waals surface area contributed by atoms with Crippen LogP contribution in [0, 0.1) is 12.8 Å². The van der Waals surface area contributed by atoms with Crippen LogP contribution in [0.25, 0.3) is 0 Å². The van der Waals surface area contributed by atoms with Gasteiger partial charge in [0.2, 0.25) is 0 Å². The molecule has 0 radical (unpaired) electrons. The van der Waals surface area contributed by atoms with E-state index in [1.807, 2.05) is 19.9 Å². The lowest BCUT2D eigenvalue weighted by atomic mass is 10.1. The van der Waals surface area contributed by atoms with Gasteiger partial charge in [-0.25, -0.2) is 0 Å². The van der Waals surface area contributed by atoms with E-state index in [9.17, 15) is 9.59 Å². The summed E-state index contributed by atoms with van der Waals surface area (Å²) < 4.78 is 11.0. The van der Waals surface area contributed by atoms with Gasteiger partial charge in [0.15, 0.2) is 0 Å². The Morgan fingerprint density at radius 1 is 1.10 bits per heavy atom. The zero-order chi connectivity index (χ0) is 20.8. The van der Waals surface area contributed by atoms with E-state index >= 15 is 0 Å². The van der Waals surface area contributed by atoms with Crippen LogP contribution in [0.2, 0.25) is 0 Å². The molecule has 1 saturated carbocycles. The molecule has 6 nitrogen and oxygen atoms in total. The van der Waals surface area contributed by atoms with Gasteiger partial charge in [-0.1, -0.05) is 13.0 Å². The van der Waals surface area contributed by atoms with E-state index < -0.39 is 0 Å². The molecule has 0 heterocycles. The minimum atomic E-state index is -0.294. The number of hydrogen-bond acceptors (Lipinski definition) is 4. The number of ether oxygens (including phenoxy) is 2. The van der Waals surface area contributed by atoms with E-state index in [1.54, 1.807) is 37.4 Å². The number of nitrogens with one attached hydrogen (secondary N) is 2. The molecule has 0 atom stereocenters. The lowest BCUT2D eigenvalue weighted by molar-refractivity contribution is 0.0950. The highest BCUT2D eigenvalue weighted by Crippen LogP contribution is 2.28. The average molecular weight is 396 g/mol. The normalized spacial score (nSPS) is 12.9. The van der Waals surface area contributed by atoms with Gasteiger partial charge in [0.1, 0.15) is 11.5 Å². The summed E-state index contributed by atoms with van der Waals surface area (Å²) in [6.07, 6.45) is 3.19. The molecule has 0 bridgehead atoms. The monoisotopic (exact) mass is 396 g/mol. The van der Waals surface area contributed by atoms with Crippen LogP contribution in [0.15, 0.2) is 36.4 Å². The molecule has 2 N–H and O–H groups in total. The summed E-state index contributed by atoms with van der Waals surface area (Å²) in [6, 6.07) is 10.4. The number of anilines is 1. The smallest absolute Gasteiger partial charge is 0.259 e. The molecule has 1 aliphatic carbocycles. The van der Waals surface area contributed by atoms with Crippen molar-refractivity contribution in [3.63, 3.8) is 0 Å². The number of benzene rings is 2. The Labute approximate surface area is 171 Å². The summed E-state index contributed by atoms with van der Waals surface area (Å²) >= 11 is 0. The first kappa shape index (κ1) is 20.7. The minimum absolute atomic E-state index is 0.121. The molecule has 154 valence electrons. The van der Waals surface area contributed by atoms with Crippen molar-refractivity contribution in [2.45, 2.75) is 33.1 Å². The first-order valence-corrected chi connectivity index (χ1v) is 10.0. The molecule has 2 aromatic rings. The molecule has 29 heavy (non-hydrogen) atoms. The van der Waals surface area contributed by atoms with E-state index in [4.69, 9.17) is 9.47 Å². The molecule has 1 fully saturated rings. The second-order valence-corrected chi connectivity index (χ2v) is 7.35. The van der Waals surface area contributed by atoms with E-state index in [-0.39, 0.29) is 11.8 Å². The van der Waals surface area contributed by atoms with Crippen LogP contribution in [0.4, 0.5) is 5.69 Å². The summed E-state index contributed by atoms with van der Waals surface area (Å²) in [4.78, 5) is 25.3. The van der Waals surface area contributed by atoms with Gasteiger partial charge in [-0.3, -0.25) is 9.59 Å². The third kappa shape index (κ3) is 5.50. The third-order valence-electron chi connectivity index (χ3n) is 4.89. The fourth-order valence-electron chi connectivity index (χ4n) is 2.90. The van der Waals surface area contributed by atoms with Crippen molar-refractivity contribution in [3.8, 4) is 11.5 Å². The molecule has 0 aromatic heterocycles. The molecule has 0 spiro atoms. The van der Waals surface area contributed by atoms with Gasteiger partial charge < -0.3 is 20.1 Å². The number of hydrogen-bond donors (Lipinski definition) is 2. The number of rotatable bonds is 9. The van der Waals surface area contributed by atoms with Crippen molar-refractivity contribution in [1.82, 2.24) is 5.32 Å².